The Hall–Kier alpha value is -5.25. The van der Waals surface area contributed by atoms with E-state index in [0.717, 1.165) is 60.6 Å². The van der Waals surface area contributed by atoms with E-state index in [9.17, 15) is 0 Å². The molecule has 9 aromatic rings. The van der Waals surface area contributed by atoms with Gasteiger partial charge >= 0.3 is 21.1 Å². The molecule has 5 nitrogen and oxygen atoms in total. The van der Waals surface area contributed by atoms with Crippen LogP contribution in [0.4, 0.5) is 0 Å². The van der Waals surface area contributed by atoms with Crippen LogP contribution in [0, 0.1) is 32.9 Å². The second kappa shape index (κ2) is 11.2. The van der Waals surface area contributed by atoms with Gasteiger partial charge in [0.05, 0.1) is 11.3 Å². The number of nitrogens with zero attached hydrogens (tertiary/aromatic N) is 4. The van der Waals surface area contributed by atoms with Crippen LogP contribution in [0.15, 0.2) is 116 Å². The fraction of sp³-hybridized carbons (Fsp3) is 0.0732. The number of benzene rings is 5. The van der Waals surface area contributed by atoms with Crippen LogP contribution in [0.1, 0.15) is 16.7 Å². The van der Waals surface area contributed by atoms with Gasteiger partial charge in [0.1, 0.15) is 5.82 Å². The monoisotopic (exact) mass is 787 g/mol. The number of rotatable bonds is 4. The zero-order chi connectivity index (χ0) is 30.9. The minimum absolute atomic E-state index is 0. The van der Waals surface area contributed by atoms with Crippen molar-refractivity contribution in [2.45, 2.75) is 20.8 Å². The van der Waals surface area contributed by atoms with Gasteiger partial charge in [-0.15, -0.1) is 29.7 Å². The van der Waals surface area contributed by atoms with Crippen molar-refractivity contribution >= 4 is 49.1 Å². The van der Waals surface area contributed by atoms with Crippen molar-refractivity contribution in [3.8, 4) is 28.6 Å². The van der Waals surface area contributed by atoms with E-state index in [2.05, 4.69) is 120 Å². The molecule has 0 unspecified atom stereocenters. The Morgan fingerprint density at radius 1 is 0.638 bits per heavy atom. The first kappa shape index (κ1) is 29.2. The third kappa shape index (κ3) is 4.57. The summed E-state index contributed by atoms with van der Waals surface area (Å²) >= 11 is 0. The summed E-state index contributed by atoms with van der Waals surface area (Å²) in [6.07, 6.45) is 3.80. The quantitative estimate of drug-likeness (QED) is 0.132. The Kier molecular flexibility index (Phi) is 6.96. The molecule has 0 atom stereocenters. The number of aryl methyl sites for hydroxylation is 3. The molecular formula is C41H28N4OPt. The molecular weight excluding hydrogens is 760 g/mol. The van der Waals surface area contributed by atoms with Crippen molar-refractivity contribution in [2.24, 2.45) is 0 Å². The first-order valence-electron chi connectivity index (χ1n) is 15.4. The molecule has 0 radical (unpaired) electrons. The summed E-state index contributed by atoms with van der Waals surface area (Å²) in [7, 11) is 0. The van der Waals surface area contributed by atoms with E-state index in [0.29, 0.717) is 11.5 Å². The Morgan fingerprint density at radius 3 is 2.04 bits per heavy atom. The molecule has 47 heavy (non-hydrogen) atoms. The van der Waals surface area contributed by atoms with E-state index in [4.69, 9.17) is 9.72 Å². The number of para-hydroxylation sites is 2. The predicted octanol–water partition coefficient (Wildman–Crippen LogP) is 10.1. The molecule has 0 fully saturated rings. The predicted molar refractivity (Wildman–Crippen MR) is 186 cm³/mol. The van der Waals surface area contributed by atoms with Crippen LogP contribution in [-0.2, 0) is 21.1 Å². The fourth-order valence-corrected chi connectivity index (χ4v) is 7.14. The maximum atomic E-state index is 6.50. The average Bonchev–Trinajstić information content (AvgIpc) is 3.65. The number of aromatic nitrogens is 4. The molecule has 0 aliphatic rings. The first-order valence-corrected chi connectivity index (χ1v) is 15.4. The molecule has 0 spiro atoms. The average molecular weight is 788 g/mol. The maximum absolute atomic E-state index is 6.50. The zero-order valence-electron chi connectivity index (χ0n) is 26.0. The minimum atomic E-state index is 0. The van der Waals surface area contributed by atoms with E-state index in [-0.39, 0.29) is 21.1 Å². The van der Waals surface area contributed by atoms with E-state index < -0.39 is 0 Å². The summed E-state index contributed by atoms with van der Waals surface area (Å²) in [5.74, 6) is 2.05. The summed E-state index contributed by atoms with van der Waals surface area (Å²) in [5, 5.41) is 5.37. The van der Waals surface area contributed by atoms with Gasteiger partial charge in [0.15, 0.2) is 0 Å². The van der Waals surface area contributed by atoms with Crippen LogP contribution in [0.3, 0.4) is 0 Å². The van der Waals surface area contributed by atoms with Crippen molar-refractivity contribution in [3.63, 3.8) is 0 Å². The molecule has 4 heterocycles. The van der Waals surface area contributed by atoms with E-state index in [1.54, 1.807) is 0 Å². The van der Waals surface area contributed by atoms with Crippen molar-refractivity contribution in [1.29, 1.82) is 0 Å². The van der Waals surface area contributed by atoms with Gasteiger partial charge in [-0.3, -0.25) is 4.98 Å². The van der Waals surface area contributed by atoms with Crippen molar-refractivity contribution in [1.82, 2.24) is 18.9 Å². The topological polar surface area (TPSA) is 44.3 Å². The first-order chi connectivity index (χ1) is 22.5. The van der Waals surface area contributed by atoms with Crippen molar-refractivity contribution in [3.05, 3.63) is 144 Å². The molecule has 0 saturated heterocycles. The second-order valence-electron chi connectivity index (χ2n) is 11.9. The molecule has 0 bridgehead atoms. The van der Waals surface area contributed by atoms with Crippen LogP contribution in [0.2, 0.25) is 0 Å². The molecule has 228 valence electrons. The number of pyridine rings is 2. The smallest absolute Gasteiger partial charge is 0.503 e. The molecule has 0 saturated carbocycles. The Morgan fingerprint density at radius 2 is 1.30 bits per heavy atom. The zero-order valence-corrected chi connectivity index (χ0v) is 28.3. The number of hydrogen-bond acceptors (Lipinski definition) is 3. The molecule has 5 aromatic carbocycles. The Bertz CT molecular complexity index is 2630. The molecule has 0 aliphatic carbocycles. The van der Waals surface area contributed by atoms with E-state index in [1.807, 2.05) is 42.7 Å². The second-order valence-corrected chi connectivity index (χ2v) is 11.9. The molecule has 9 rings (SSSR count). The van der Waals surface area contributed by atoms with Gasteiger partial charge in [0, 0.05) is 40.5 Å². The molecule has 6 heteroatoms. The van der Waals surface area contributed by atoms with Crippen molar-refractivity contribution in [2.75, 3.05) is 0 Å². The van der Waals surface area contributed by atoms with Gasteiger partial charge in [-0.05, 0) is 66.9 Å². The van der Waals surface area contributed by atoms with Gasteiger partial charge in [0.2, 0.25) is 0 Å². The maximum Gasteiger partial charge on any atom is 2.00 e. The van der Waals surface area contributed by atoms with Gasteiger partial charge < -0.3 is 13.7 Å². The summed E-state index contributed by atoms with van der Waals surface area (Å²) < 4.78 is 10.9. The minimum Gasteiger partial charge on any atom is -0.503 e. The van der Waals surface area contributed by atoms with Crippen LogP contribution in [-0.4, -0.2) is 18.9 Å². The summed E-state index contributed by atoms with van der Waals surface area (Å²) in [6, 6.07) is 42.6. The largest absolute Gasteiger partial charge is 2.00 e. The fourth-order valence-electron chi connectivity index (χ4n) is 7.14. The molecule has 0 aliphatic heterocycles. The van der Waals surface area contributed by atoms with Gasteiger partial charge in [-0.1, -0.05) is 82.5 Å². The SMILES string of the molecule is Cc1cc(C)c(-c2cnc3c4[c-]c(Oc5[c-]c6c(cc5)c5ccccc5n6-c5ccccn5)ccc4c4ccccc4n23)c(C)c1.[Pt+2]. The number of fused-ring (bicyclic) bond motifs is 9. The molecule has 4 aromatic heterocycles. The van der Waals surface area contributed by atoms with Gasteiger partial charge in [-0.2, -0.15) is 6.07 Å². The Labute approximate surface area is 286 Å². The third-order valence-electron chi connectivity index (χ3n) is 8.93. The van der Waals surface area contributed by atoms with Gasteiger partial charge in [-0.25, -0.2) is 4.98 Å². The third-order valence-corrected chi connectivity index (χ3v) is 8.93. The number of imidazole rings is 1. The normalized spacial score (nSPS) is 11.6. The van der Waals surface area contributed by atoms with E-state index in [1.165, 1.54) is 22.3 Å². The van der Waals surface area contributed by atoms with E-state index >= 15 is 0 Å². The van der Waals surface area contributed by atoms with Crippen LogP contribution >= 0.6 is 0 Å². The van der Waals surface area contributed by atoms with Crippen molar-refractivity contribution < 1.29 is 25.8 Å². The summed E-state index contributed by atoms with van der Waals surface area (Å²) in [4.78, 5) is 9.64. The Balaban J connectivity index is 0.00000324. The van der Waals surface area contributed by atoms with Crippen LogP contribution in [0.5, 0.6) is 11.5 Å². The standard InChI is InChI=1S/C41H28N4O.Pt/c1-25-20-26(2)40(27(3)21-25)38-24-43-41-34-22-28(15-17-30(34)31-10-4-7-13-36(31)45(38)41)46-29-16-18-33-32-11-5-6-12-35(32)44(37(33)23-29)39-14-8-9-19-42-39;/h4-21,24H,1-3H3;/q-2;+2. The number of ether oxygens (including phenoxy) is 1. The number of hydrogen-bond donors (Lipinski definition) is 0. The molecule has 0 N–H and O–H groups in total. The van der Waals surface area contributed by atoms with Gasteiger partial charge in [0.25, 0.3) is 0 Å². The van der Waals surface area contributed by atoms with Crippen LogP contribution in [0.25, 0.3) is 66.2 Å². The molecule has 0 amide bonds. The summed E-state index contributed by atoms with van der Waals surface area (Å²) in [5.41, 5.74) is 9.96. The summed E-state index contributed by atoms with van der Waals surface area (Å²) in [6.45, 7) is 6.50. The van der Waals surface area contributed by atoms with Crippen LogP contribution < -0.4 is 4.74 Å².